The second-order valence-corrected chi connectivity index (χ2v) is 4.74. The summed E-state index contributed by atoms with van der Waals surface area (Å²) in [5, 5.41) is 38.7. The normalized spacial score (nSPS) is 29.6. The maximum atomic E-state index is 10.7. The van der Waals surface area contributed by atoms with Crippen molar-refractivity contribution in [3.63, 3.8) is 0 Å². The second kappa shape index (κ2) is 6.68. The van der Waals surface area contributed by atoms with E-state index < -0.39 is 23.8 Å². The third kappa shape index (κ3) is 3.38. The molecule has 0 bridgehead atoms. The van der Waals surface area contributed by atoms with Gasteiger partial charge in [-0.05, 0) is 17.7 Å². The molecule has 1 heterocycles. The first kappa shape index (κ1) is 17.1. The molecule has 20 heavy (non-hydrogen) atoms. The number of ether oxygens (including phenoxy) is 1. The molecule has 1 aliphatic rings. The quantitative estimate of drug-likeness (QED) is 0.492. The monoisotopic (exact) mass is 298 g/mol. The summed E-state index contributed by atoms with van der Waals surface area (Å²) in [4.78, 5) is 10.7. The predicted molar refractivity (Wildman–Crippen MR) is 74.8 cm³/mol. The Morgan fingerprint density at radius 1 is 1.20 bits per heavy atom. The first-order valence-corrected chi connectivity index (χ1v) is 5.92. The van der Waals surface area contributed by atoms with Gasteiger partial charge >= 0.3 is 5.97 Å². The molecule has 0 aromatic heterocycles. The Morgan fingerprint density at radius 3 is 2.15 bits per heavy atom. The number of benzene rings is 1. The van der Waals surface area contributed by atoms with Gasteiger partial charge in [0.1, 0.15) is 17.8 Å². The molecule has 3 atom stereocenters. The maximum absolute atomic E-state index is 10.7. The van der Waals surface area contributed by atoms with Gasteiger partial charge in [-0.2, -0.15) is 0 Å². The number of aliphatic hydroxyl groups is 3. The minimum atomic E-state index is -1.68. The lowest BCUT2D eigenvalue weighted by Gasteiger charge is -2.40. The van der Waals surface area contributed by atoms with Gasteiger partial charge in [0.15, 0.2) is 17.4 Å². The van der Waals surface area contributed by atoms with E-state index in [0.717, 1.165) is 0 Å². The summed E-state index contributed by atoms with van der Waals surface area (Å²) in [5.41, 5.74) is -0.903. The molecule has 1 unspecified atom stereocenters. The molecular formula is C13H19AlO6. The molecule has 2 rings (SSSR count). The van der Waals surface area contributed by atoms with Crippen molar-refractivity contribution in [1.29, 1.82) is 0 Å². The smallest absolute Gasteiger partial charge is 0.335 e. The predicted octanol–water partition coefficient (Wildman–Crippen LogP) is -1.77. The Bertz CT molecular complexity index is 450. The molecule has 0 aliphatic carbocycles. The maximum Gasteiger partial charge on any atom is 0.335 e. The Morgan fingerprint density at radius 2 is 1.70 bits per heavy atom. The molecular weight excluding hydrogens is 279 g/mol. The Balaban J connectivity index is 0.00000200. The summed E-state index contributed by atoms with van der Waals surface area (Å²) < 4.78 is 4.94. The largest absolute Gasteiger partial charge is 0.478 e. The zero-order valence-corrected chi connectivity index (χ0v) is 10.2. The highest BCUT2D eigenvalue weighted by Gasteiger charge is 2.45. The van der Waals surface area contributed by atoms with Crippen molar-refractivity contribution in [2.45, 2.75) is 24.2 Å². The molecule has 0 amide bonds. The third-order valence-electron chi connectivity index (χ3n) is 3.39. The standard InChI is InChI=1S/C13H16O6.Al.3H/c14-10-6-19-7-11(15)13(10,18)5-8-1-3-9(4-2-8)12(16)17;;;;/h1-4,10-11,14-15,18H,5-7H2,(H,16,17);;;;/t10-,11+,13?;;;;. The van der Waals surface area contributed by atoms with Crippen LogP contribution >= 0.6 is 0 Å². The van der Waals surface area contributed by atoms with Crippen LogP contribution in [0.25, 0.3) is 0 Å². The van der Waals surface area contributed by atoms with Crippen molar-refractivity contribution in [2.24, 2.45) is 0 Å². The van der Waals surface area contributed by atoms with Crippen molar-refractivity contribution in [3.05, 3.63) is 35.4 Å². The van der Waals surface area contributed by atoms with Crippen molar-refractivity contribution in [3.8, 4) is 0 Å². The highest BCUT2D eigenvalue weighted by atomic mass is 27.0. The van der Waals surface area contributed by atoms with Crippen molar-refractivity contribution < 1.29 is 30.0 Å². The minimum absolute atomic E-state index is 0. The van der Waals surface area contributed by atoms with Crippen LogP contribution in [-0.4, -0.2) is 74.8 Å². The lowest BCUT2D eigenvalue weighted by atomic mass is 9.83. The number of hydrogen-bond donors (Lipinski definition) is 4. The van der Waals surface area contributed by atoms with Gasteiger partial charge in [-0.1, -0.05) is 12.1 Å². The topological polar surface area (TPSA) is 107 Å². The fourth-order valence-corrected chi connectivity index (χ4v) is 2.13. The molecule has 110 valence electrons. The molecule has 6 nitrogen and oxygen atoms in total. The fraction of sp³-hybridized carbons (Fsp3) is 0.462. The average molecular weight is 298 g/mol. The van der Waals surface area contributed by atoms with Gasteiger partial charge < -0.3 is 25.2 Å². The van der Waals surface area contributed by atoms with Gasteiger partial charge in [0, 0.05) is 6.42 Å². The first-order chi connectivity index (χ1) is 8.93. The van der Waals surface area contributed by atoms with E-state index in [1.807, 2.05) is 0 Å². The van der Waals surface area contributed by atoms with Gasteiger partial charge in [0.25, 0.3) is 0 Å². The van der Waals surface area contributed by atoms with Crippen molar-refractivity contribution in [1.82, 2.24) is 0 Å². The molecule has 1 saturated heterocycles. The lowest BCUT2D eigenvalue weighted by Crippen LogP contribution is -2.60. The number of rotatable bonds is 3. The van der Waals surface area contributed by atoms with E-state index in [4.69, 9.17) is 9.84 Å². The van der Waals surface area contributed by atoms with Crippen LogP contribution in [0.15, 0.2) is 24.3 Å². The zero-order valence-electron chi connectivity index (χ0n) is 10.2. The lowest BCUT2D eigenvalue weighted by molar-refractivity contribution is -0.212. The molecule has 0 saturated carbocycles. The van der Waals surface area contributed by atoms with Crippen LogP contribution in [0.5, 0.6) is 0 Å². The third-order valence-corrected chi connectivity index (χ3v) is 3.39. The van der Waals surface area contributed by atoms with Crippen LogP contribution in [0.2, 0.25) is 0 Å². The highest BCUT2D eigenvalue weighted by molar-refractivity contribution is 5.87. The molecule has 0 spiro atoms. The molecule has 1 aliphatic heterocycles. The summed E-state index contributed by atoms with van der Waals surface area (Å²) in [7, 11) is 0. The minimum Gasteiger partial charge on any atom is -0.478 e. The Kier molecular flexibility index (Phi) is 5.71. The number of aliphatic hydroxyl groups excluding tert-OH is 2. The summed E-state index contributed by atoms with van der Waals surface area (Å²) in [6.45, 7) is -0.0818. The van der Waals surface area contributed by atoms with E-state index in [2.05, 4.69) is 0 Å². The SMILES string of the molecule is O=C(O)c1ccc(CC2(O)[C@H](O)COC[C@@H]2O)cc1.[AlH3]. The van der Waals surface area contributed by atoms with Crippen molar-refractivity contribution in [2.75, 3.05) is 13.2 Å². The van der Waals surface area contributed by atoms with Crippen LogP contribution in [0.4, 0.5) is 0 Å². The summed E-state index contributed by atoms with van der Waals surface area (Å²) in [6, 6.07) is 5.94. The number of hydrogen-bond acceptors (Lipinski definition) is 5. The van der Waals surface area contributed by atoms with Crippen LogP contribution in [0, 0.1) is 0 Å². The Hall–Kier alpha value is -0.938. The van der Waals surface area contributed by atoms with Gasteiger partial charge in [0.05, 0.1) is 18.8 Å². The number of aromatic carboxylic acids is 1. The van der Waals surface area contributed by atoms with E-state index >= 15 is 0 Å². The van der Waals surface area contributed by atoms with E-state index in [1.165, 1.54) is 12.1 Å². The van der Waals surface area contributed by atoms with Crippen molar-refractivity contribution >= 4 is 23.3 Å². The summed E-state index contributed by atoms with van der Waals surface area (Å²) >= 11 is 0. The molecule has 1 aromatic rings. The summed E-state index contributed by atoms with van der Waals surface area (Å²) in [5.74, 6) is -1.03. The first-order valence-electron chi connectivity index (χ1n) is 5.92. The van der Waals surface area contributed by atoms with E-state index in [0.29, 0.717) is 5.56 Å². The second-order valence-electron chi connectivity index (χ2n) is 4.74. The Labute approximate surface area is 126 Å². The average Bonchev–Trinajstić information content (AvgIpc) is 2.37. The fourth-order valence-electron chi connectivity index (χ4n) is 2.13. The van der Waals surface area contributed by atoms with Crippen LogP contribution in [0.1, 0.15) is 15.9 Å². The van der Waals surface area contributed by atoms with E-state index in [9.17, 15) is 20.1 Å². The van der Waals surface area contributed by atoms with Gasteiger partial charge in [-0.15, -0.1) is 0 Å². The zero-order chi connectivity index (χ0) is 14.0. The van der Waals surface area contributed by atoms with Gasteiger partial charge in [-0.25, -0.2) is 4.79 Å². The molecule has 1 aromatic carbocycles. The highest BCUT2D eigenvalue weighted by Crippen LogP contribution is 2.26. The molecule has 7 heteroatoms. The molecule has 1 fully saturated rings. The van der Waals surface area contributed by atoms with Crippen LogP contribution in [0.3, 0.4) is 0 Å². The molecule has 4 N–H and O–H groups in total. The van der Waals surface area contributed by atoms with Crippen LogP contribution in [-0.2, 0) is 11.2 Å². The van der Waals surface area contributed by atoms with E-state index in [-0.39, 0.29) is 42.6 Å². The number of carbonyl (C=O) groups is 1. The number of carboxylic acid groups (broad SMARTS) is 1. The van der Waals surface area contributed by atoms with Gasteiger partial charge in [-0.3, -0.25) is 0 Å². The van der Waals surface area contributed by atoms with Gasteiger partial charge in [0.2, 0.25) is 0 Å². The molecule has 0 radical (unpaired) electrons. The van der Waals surface area contributed by atoms with E-state index in [1.54, 1.807) is 12.1 Å². The number of carboxylic acids is 1. The van der Waals surface area contributed by atoms with Crippen LogP contribution < -0.4 is 0 Å². The summed E-state index contributed by atoms with van der Waals surface area (Å²) in [6.07, 6.45) is -2.34.